The van der Waals surface area contributed by atoms with Gasteiger partial charge in [0.2, 0.25) is 0 Å². The molecule has 0 amide bonds. The summed E-state index contributed by atoms with van der Waals surface area (Å²) in [5, 5.41) is 8.63. The molecule has 0 radical (unpaired) electrons. The second kappa shape index (κ2) is 2.75. The molecule has 0 bridgehead atoms. The quantitative estimate of drug-likeness (QED) is 0.755. The van der Waals surface area contributed by atoms with Crippen molar-refractivity contribution >= 4 is 27.3 Å². The van der Waals surface area contributed by atoms with Crippen molar-refractivity contribution in [1.29, 1.82) is 5.26 Å². The zero-order valence-electron chi connectivity index (χ0n) is 6.53. The molecule has 2 rings (SSSR count). The molecular weight excluding hydrogens is 232 g/mol. The van der Waals surface area contributed by atoms with Crippen molar-refractivity contribution in [1.82, 2.24) is 9.38 Å². The number of nitriles is 1. The van der Waals surface area contributed by atoms with Gasteiger partial charge in [0.15, 0.2) is 11.3 Å². The number of rotatable bonds is 0. The number of hydrogen-bond acceptors (Lipinski definition) is 3. The SMILES string of the molecule is N#Cc1cn2cc(N)cc(Br)c2n1. The van der Waals surface area contributed by atoms with Crippen LogP contribution in [0, 0.1) is 11.3 Å². The van der Waals surface area contributed by atoms with Crippen molar-refractivity contribution in [3.05, 3.63) is 28.6 Å². The molecule has 2 N–H and O–H groups in total. The summed E-state index contributed by atoms with van der Waals surface area (Å²) in [6, 6.07) is 3.72. The minimum atomic E-state index is 0.381. The molecule has 0 saturated carbocycles. The molecule has 0 atom stereocenters. The Balaban J connectivity index is 2.84. The number of nitrogens with zero attached hydrogens (tertiary/aromatic N) is 3. The smallest absolute Gasteiger partial charge is 0.159 e. The number of aromatic nitrogens is 2. The first-order valence-corrected chi connectivity index (χ1v) is 4.34. The van der Waals surface area contributed by atoms with E-state index < -0.39 is 0 Å². The molecule has 0 aliphatic carbocycles. The van der Waals surface area contributed by atoms with Crippen LogP contribution in [0.4, 0.5) is 5.69 Å². The van der Waals surface area contributed by atoms with Crippen molar-refractivity contribution < 1.29 is 0 Å². The first kappa shape index (κ1) is 8.08. The number of imidazole rings is 1. The highest BCUT2D eigenvalue weighted by Gasteiger charge is 2.04. The fraction of sp³-hybridized carbons (Fsp3) is 0. The highest BCUT2D eigenvalue weighted by Crippen LogP contribution is 2.20. The van der Waals surface area contributed by atoms with Crippen molar-refractivity contribution in [3.63, 3.8) is 0 Å². The van der Waals surface area contributed by atoms with Gasteiger partial charge in [-0.05, 0) is 22.0 Å². The van der Waals surface area contributed by atoms with E-state index in [1.54, 1.807) is 22.9 Å². The third-order valence-electron chi connectivity index (χ3n) is 1.64. The third-order valence-corrected chi connectivity index (χ3v) is 2.23. The van der Waals surface area contributed by atoms with Gasteiger partial charge >= 0.3 is 0 Å². The molecule has 4 nitrogen and oxygen atoms in total. The number of hydrogen-bond donors (Lipinski definition) is 1. The summed E-state index contributed by atoms with van der Waals surface area (Å²) in [7, 11) is 0. The van der Waals surface area contributed by atoms with Crippen molar-refractivity contribution in [3.8, 4) is 6.07 Å². The molecule has 0 aromatic carbocycles. The van der Waals surface area contributed by atoms with E-state index in [1.807, 2.05) is 6.07 Å². The molecule has 64 valence electrons. The Labute approximate surface area is 82.7 Å². The molecule has 0 aliphatic rings. The molecule has 0 spiro atoms. The normalized spacial score (nSPS) is 10.2. The molecular formula is C8H5BrN4. The molecule has 2 heterocycles. The van der Waals surface area contributed by atoms with Crippen molar-refractivity contribution in [2.24, 2.45) is 0 Å². The zero-order chi connectivity index (χ0) is 9.42. The van der Waals surface area contributed by atoms with Crippen LogP contribution in [-0.2, 0) is 0 Å². The monoisotopic (exact) mass is 236 g/mol. The third kappa shape index (κ3) is 1.25. The van der Waals surface area contributed by atoms with E-state index >= 15 is 0 Å². The van der Waals surface area contributed by atoms with Crippen LogP contribution in [0.3, 0.4) is 0 Å². The summed E-state index contributed by atoms with van der Waals surface area (Å²) < 4.78 is 2.51. The van der Waals surface area contributed by atoms with Crippen LogP contribution < -0.4 is 5.73 Å². The van der Waals surface area contributed by atoms with E-state index in [1.165, 1.54) is 0 Å². The zero-order valence-corrected chi connectivity index (χ0v) is 8.12. The van der Waals surface area contributed by atoms with Gasteiger partial charge in [0.25, 0.3) is 0 Å². The first-order valence-electron chi connectivity index (χ1n) is 3.54. The van der Waals surface area contributed by atoms with Gasteiger partial charge in [-0.1, -0.05) is 0 Å². The van der Waals surface area contributed by atoms with Crippen LogP contribution >= 0.6 is 15.9 Å². The fourth-order valence-electron chi connectivity index (χ4n) is 1.13. The lowest BCUT2D eigenvalue weighted by molar-refractivity contribution is 1.18. The molecule has 0 fully saturated rings. The Kier molecular flexibility index (Phi) is 1.71. The lowest BCUT2D eigenvalue weighted by Gasteiger charge is -1.97. The van der Waals surface area contributed by atoms with Gasteiger partial charge in [-0.3, -0.25) is 0 Å². The lowest BCUT2D eigenvalue weighted by Crippen LogP contribution is -1.90. The maximum Gasteiger partial charge on any atom is 0.159 e. The maximum atomic E-state index is 8.63. The molecule has 2 aromatic heterocycles. The fourth-order valence-corrected chi connectivity index (χ4v) is 1.69. The van der Waals surface area contributed by atoms with E-state index in [0.29, 0.717) is 17.0 Å². The van der Waals surface area contributed by atoms with E-state index in [4.69, 9.17) is 11.0 Å². The predicted molar refractivity (Wildman–Crippen MR) is 52.0 cm³/mol. The average Bonchev–Trinajstić information content (AvgIpc) is 2.47. The second-order valence-corrected chi connectivity index (χ2v) is 3.44. The Morgan fingerprint density at radius 1 is 1.54 bits per heavy atom. The highest BCUT2D eigenvalue weighted by atomic mass is 79.9. The van der Waals surface area contributed by atoms with Gasteiger partial charge in [-0.25, -0.2) is 4.98 Å². The van der Waals surface area contributed by atoms with Gasteiger partial charge in [-0.15, -0.1) is 0 Å². The molecule has 13 heavy (non-hydrogen) atoms. The standard InChI is InChI=1S/C8H5BrN4/c9-7-1-5(11)3-13-4-6(2-10)12-8(7)13/h1,3-4H,11H2. The summed E-state index contributed by atoms with van der Waals surface area (Å²) in [5.41, 5.74) is 7.32. The number of anilines is 1. The predicted octanol–water partition coefficient (Wildman–Crippen LogP) is 1.55. The van der Waals surface area contributed by atoms with Crippen LogP contribution in [0.2, 0.25) is 0 Å². The number of halogens is 1. The lowest BCUT2D eigenvalue weighted by atomic mass is 10.4. The highest BCUT2D eigenvalue weighted by molar-refractivity contribution is 9.10. The number of nitrogens with two attached hydrogens (primary N) is 1. The molecule has 0 saturated heterocycles. The number of nitrogen functional groups attached to an aromatic ring is 1. The van der Waals surface area contributed by atoms with Gasteiger partial charge in [0, 0.05) is 18.1 Å². The Bertz CT molecular complexity index is 509. The molecule has 0 aliphatic heterocycles. The molecule has 5 heteroatoms. The summed E-state index contributed by atoms with van der Waals surface area (Å²) in [5.74, 6) is 0. The summed E-state index contributed by atoms with van der Waals surface area (Å²) >= 11 is 3.32. The minimum Gasteiger partial charge on any atom is -0.397 e. The Morgan fingerprint density at radius 2 is 2.31 bits per heavy atom. The van der Waals surface area contributed by atoms with E-state index in [-0.39, 0.29) is 0 Å². The Morgan fingerprint density at radius 3 is 3.00 bits per heavy atom. The topological polar surface area (TPSA) is 67.1 Å². The summed E-state index contributed by atoms with van der Waals surface area (Å²) in [6.45, 7) is 0. The van der Waals surface area contributed by atoms with Gasteiger partial charge in [0.1, 0.15) is 6.07 Å². The molecule has 2 aromatic rings. The first-order chi connectivity index (χ1) is 6.20. The van der Waals surface area contributed by atoms with Crippen LogP contribution in [0.5, 0.6) is 0 Å². The van der Waals surface area contributed by atoms with Gasteiger partial charge in [-0.2, -0.15) is 5.26 Å². The van der Waals surface area contributed by atoms with Crippen LogP contribution in [-0.4, -0.2) is 9.38 Å². The van der Waals surface area contributed by atoms with E-state index in [9.17, 15) is 0 Å². The summed E-state index contributed by atoms with van der Waals surface area (Å²) in [4.78, 5) is 4.07. The van der Waals surface area contributed by atoms with Crippen LogP contribution in [0.1, 0.15) is 5.69 Å². The molecule has 0 unspecified atom stereocenters. The summed E-state index contributed by atoms with van der Waals surface area (Å²) in [6.07, 6.45) is 3.35. The van der Waals surface area contributed by atoms with Crippen molar-refractivity contribution in [2.45, 2.75) is 0 Å². The van der Waals surface area contributed by atoms with E-state index in [2.05, 4.69) is 20.9 Å². The van der Waals surface area contributed by atoms with E-state index in [0.717, 1.165) is 4.47 Å². The van der Waals surface area contributed by atoms with Crippen molar-refractivity contribution in [2.75, 3.05) is 5.73 Å². The van der Waals surface area contributed by atoms with Gasteiger partial charge in [0.05, 0.1) is 4.47 Å². The average molecular weight is 237 g/mol. The number of pyridine rings is 1. The minimum absolute atomic E-state index is 0.381. The largest absolute Gasteiger partial charge is 0.397 e. The number of fused-ring (bicyclic) bond motifs is 1. The Hall–Kier alpha value is -1.54. The van der Waals surface area contributed by atoms with Crippen LogP contribution in [0.15, 0.2) is 22.9 Å². The maximum absolute atomic E-state index is 8.63. The van der Waals surface area contributed by atoms with Crippen LogP contribution in [0.25, 0.3) is 5.65 Å². The second-order valence-electron chi connectivity index (χ2n) is 2.59. The van der Waals surface area contributed by atoms with Gasteiger partial charge < -0.3 is 10.1 Å².